The summed E-state index contributed by atoms with van der Waals surface area (Å²) in [6, 6.07) is 2.50. The van der Waals surface area contributed by atoms with Gasteiger partial charge in [0.05, 0.1) is 17.1 Å². The number of hydrogen-bond acceptors (Lipinski definition) is 3. The number of benzene rings is 1. The van der Waals surface area contributed by atoms with Gasteiger partial charge in [-0.15, -0.1) is 22.9 Å². The van der Waals surface area contributed by atoms with Crippen LogP contribution in [0.15, 0.2) is 23.6 Å². The van der Waals surface area contributed by atoms with Crippen molar-refractivity contribution in [2.45, 2.75) is 18.7 Å². The predicted octanol–water partition coefficient (Wildman–Crippen LogP) is 4.62. The summed E-state index contributed by atoms with van der Waals surface area (Å²) >= 11 is 6.87. The topological polar surface area (TPSA) is 22.1 Å². The molecule has 1 aromatic heterocycles. The zero-order valence-electron chi connectivity index (χ0n) is 9.88. The molecule has 0 aliphatic rings. The second kappa shape index (κ2) is 5.97. The Labute approximate surface area is 121 Å². The van der Waals surface area contributed by atoms with E-state index in [2.05, 4.69) is 4.98 Å². The van der Waals surface area contributed by atoms with Gasteiger partial charge in [0.25, 0.3) is 0 Å². The molecule has 0 radical (unpaired) electrons. The van der Waals surface area contributed by atoms with E-state index in [1.165, 1.54) is 11.3 Å². The Morgan fingerprint density at radius 1 is 1.30 bits per heavy atom. The van der Waals surface area contributed by atoms with E-state index in [0.717, 1.165) is 12.1 Å². The normalized spacial score (nSPS) is 11.7. The van der Waals surface area contributed by atoms with Gasteiger partial charge in [-0.05, 0) is 18.2 Å². The first-order valence-corrected chi connectivity index (χ1v) is 6.80. The second-order valence-corrected chi connectivity index (χ2v) is 5.00. The Morgan fingerprint density at radius 2 is 2.05 bits per heavy atom. The smallest absolute Gasteiger partial charge is 0.419 e. The highest BCUT2D eigenvalue weighted by Crippen LogP contribution is 2.33. The van der Waals surface area contributed by atoms with Gasteiger partial charge in [0.2, 0.25) is 0 Å². The van der Waals surface area contributed by atoms with E-state index in [4.69, 9.17) is 16.3 Å². The Hall–Kier alpha value is -1.34. The predicted molar refractivity (Wildman–Crippen MR) is 67.4 cm³/mol. The van der Waals surface area contributed by atoms with E-state index in [1.807, 2.05) is 0 Å². The minimum atomic E-state index is -4.75. The molecular formula is C12H8ClF4NOS. The van der Waals surface area contributed by atoms with Crippen LogP contribution in [-0.4, -0.2) is 4.98 Å². The summed E-state index contributed by atoms with van der Waals surface area (Å²) in [6.07, 6.45) is -4.75. The number of rotatable bonds is 4. The standard InChI is InChI=1S/C12H8ClF4NOS/c13-4-7-6-20-11(18-7)5-19-8-1-2-10(14)9(3-8)12(15,16)17/h1-3,6H,4-5H2. The second-order valence-electron chi connectivity index (χ2n) is 3.79. The third-order valence-electron chi connectivity index (χ3n) is 2.34. The zero-order valence-corrected chi connectivity index (χ0v) is 11.4. The number of hydrogen-bond donors (Lipinski definition) is 0. The summed E-state index contributed by atoms with van der Waals surface area (Å²) in [7, 11) is 0. The molecule has 0 fully saturated rings. The van der Waals surface area contributed by atoms with E-state index in [1.54, 1.807) is 5.38 Å². The molecule has 0 bridgehead atoms. The Bertz CT molecular complexity index is 599. The van der Waals surface area contributed by atoms with Crippen LogP contribution in [0.25, 0.3) is 0 Å². The molecule has 108 valence electrons. The van der Waals surface area contributed by atoms with Gasteiger partial charge in [-0.25, -0.2) is 9.37 Å². The number of thiazole rings is 1. The Kier molecular flexibility index (Phi) is 4.49. The minimum absolute atomic E-state index is 0.00445. The summed E-state index contributed by atoms with van der Waals surface area (Å²) < 4.78 is 55.8. The third kappa shape index (κ3) is 3.61. The van der Waals surface area contributed by atoms with E-state index in [-0.39, 0.29) is 18.2 Å². The fraction of sp³-hybridized carbons (Fsp3) is 0.250. The number of aromatic nitrogens is 1. The average molecular weight is 326 g/mol. The lowest BCUT2D eigenvalue weighted by Gasteiger charge is -2.10. The SMILES string of the molecule is Fc1ccc(OCc2nc(CCl)cs2)cc1C(F)(F)F. The fourth-order valence-electron chi connectivity index (χ4n) is 1.43. The summed E-state index contributed by atoms with van der Waals surface area (Å²) in [5, 5.41) is 2.32. The molecule has 0 atom stereocenters. The Morgan fingerprint density at radius 3 is 2.65 bits per heavy atom. The van der Waals surface area contributed by atoms with E-state index >= 15 is 0 Å². The third-order valence-corrected chi connectivity index (χ3v) is 3.49. The maximum absolute atomic E-state index is 13.1. The van der Waals surface area contributed by atoms with Crippen LogP contribution < -0.4 is 4.74 Å². The van der Waals surface area contributed by atoms with Gasteiger partial charge in [0, 0.05) is 5.38 Å². The molecule has 0 saturated carbocycles. The largest absolute Gasteiger partial charge is 0.486 e. The van der Waals surface area contributed by atoms with Crippen LogP contribution in [0.2, 0.25) is 0 Å². The van der Waals surface area contributed by atoms with Crippen molar-refractivity contribution in [1.29, 1.82) is 0 Å². The van der Waals surface area contributed by atoms with Crippen LogP contribution in [0.3, 0.4) is 0 Å². The maximum atomic E-state index is 13.1. The average Bonchev–Trinajstić information content (AvgIpc) is 2.84. The molecule has 2 nitrogen and oxygen atoms in total. The van der Waals surface area contributed by atoms with Crippen molar-refractivity contribution in [3.8, 4) is 5.75 Å². The van der Waals surface area contributed by atoms with Crippen molar-refractivity contribution in [2.75, 3.05) is 0 Å². The van der Waals surface area contributed by atoms with Gasteiger partial charge in [-0.2, -0.15) is 13.2 Å². The molecule has 0 aliphatic carbocycles. The van der Waals surface area contributed by atoms with Crippen molar-refractivity contribution in [3.63, 3.8) is 0 Å². The van der Waals surface area contributed by atoms with E-state index in [0.29, 0.717) is 16.8 Å². The van der Waals surface area contributed by atoms with Crippen LogP contribution in [-0.2, 0) is 18.7 Å². The van der Waals surface area contributed by atoms with E-state index in [9.17, 15) is 17.6 Å². The first-order chi connectivity index (χ1) is 9.40. The summed E-state index contributed by atoms with van der Waals surface area (Å²) in [5.41, 5.74) is -0.680. The molecular weight excluding hydrogens is 318 g/mol. The van der Waals surface area contributed by atoms with Crippen molar-refractivity contribution < 1.29 is 22.3 Å². The highest BCUT2D eigenvalue weighted by atomic mass is 35.5. The van der Waals surface area contributed by atoms with Crippen LogP contribution in [0.1, 0.15) is 16.3 Å². The van der Waals surface area contributed by atoms with Gasteiger partial charge in [0.15, 0.2) is 0 Å². The van der Waals surface area contributed by atoms with Gasteiger partial charge in [0.1, 0.15) is 23.2 Å². The van der Waals surface area contributed by atoms with Gasteiger partial charge in [-0.3, -0.25) is 0 Å². The number of nitrogens with zero attached hydrogens (tertiary/aromatic N) is 1. The van der Waals surface area contributed by atoms with Crippen molar-refractivity contribution in [1.82, 2.24) is 4.98 Å². The molecule has 0 unspecified atom stereocenters. The van der Waals surface area contributed by atoms with Gasteiger partial charge in [-0.1, -0.05) is 0 Å². The number of ether oxygens (including phenoxy) is 1. The zero-order chi connectivity index (χ0) is 14.8. The first kappa shape index (κ1) is 15.1. The lowest BCUT2D eigenvalue weighted by atomic mass is 10.2. The van der Waals surface area contributed by atoms with Gasteiger partial charge >= 0.3 is 6.18 Å². The molecule has 0 saturated heterocycles. The van der Waals surface area contributed by atoms with Crippen LogP contribution in [0, 0.1) is 5.82 Å². The molecule has 8 heteroatoms. The lowest BCUT2D eigenvalue weighted by Crippen LogP contribution is -2.08. The number of alkyl halides is 4. The fourth-order valence-corrected chi connectivity index (χ4v) is 2.37. The summed E-state index contributed by atoms with van der Waals surface area (Å²) in [4.78, 5) is 4.10. The molecule has 0 amide bonds. The monoisotopic (exact) mass is 325 g/mol. The Balaban J connectivity index is 2.10. The molecule has 0 spiro atoms. The molecule has 0 aliphatic heterocycles. The van der Waals surface area contributed by atoms with Crippen LogP contribution in [0.5, 0.6) is 5.75 Å². The first-order valence-electron chi connectivity index (χ1n) is 5.39. The quantitative estimate of drug-likeness (QED) is 0.604. The highest BCUT2D eigenvalue weighted by Gasteiger charge is 2.34. The van der Waals surface area contributed by atoms with Crippen molar-refractivity contribution in [2.24, 2.45) is 0 Å². The minimum Gasteiger partial charge on any atom is -0.486 e. The molecule has 0 N–H and O–H groups in total. The lowest BCUT2D eigenvalue weighted by molar-refractivity contribution is -0.140. The maximum Gasteiger partial charge on any atom is 0.419 e. The van der Waals surface area contributed by atoms with E-state index < -0.39 is 17.6 Å². The number of halogens is 5. The molecule has 2 rings (SSSR count). The summed E-state index contributed by atoms with van der Waals surface area (Å²) in [5.74, 6) is -1.14. The molecule has 20 heavy (non-hydrogen) atoms. The van der Waals surface area contributed by atoms with Crippen LogP contribution in [0.4, 0.5) is 17.6 Å². The molecule has 2 aromatic rings. The van der Waals surface area contributed by atoms with Crippen molar-refractivity contribution >= 4 is 22.9 Å². The molecule has 1 aromatic carbocycles. The van der Waals surface area contributed by atoms with Crippen LogP contribution >= 0.6 is 22.9 Å². The highest BCUT2D eigenvalue weighted by molar-refractivity contribution is 7.09. The summed E-state index contributed by atoms with van der Waals surface area (Å²) in [6.45, 7) is 0.00445. The van der Waals surface area contributed by atoms with Crippen molar-refractivity contribution in [3.05, 3.63) is 45.7 Å². The van der Waals surface area contributed by atoms with Gasteiger partial charge < -0.3 is 4.74 Å². The molecule has 1 heterocycles.